The normalized spacial score (nSPS) is 14.0. The third kappa shape index (κ3) is 4.38. The molecule has 4 nitrogen and oxygen atoms in total. The van der Waals surface area contributed by atoms with E-state index in [1.807, 2.05) is 6.07 Å². The average Bonchev–Trinajstić information content (AvgIpc) is 3.71. The van der Waals surface area contributed by atoms with Crippen LogP contribution in [0.2, 0.25) is 0 Å². The standard InChI is InChI=1S/C53H31N3O/c1-2-14-34-28-47-44(27-33(34)13-1)39-24-23-35-29-46(39)56(47)52-42(25-26-49-50(52)41-19-7-8-22-48(41)57-49)51-43(35)30-45(38-20-9-15-31-11-3-5-17-36(31)38)54-53(55-51)40-21-10-16-32-12-4-6-18-37(32)40/h1-29H,30H2. The lowest BCUT2D eigenvalue weighted by atomic mass is 9.89. The first-order valence-corrected chi connectivity index (χ1v) is 19.5. The van der Waals surface area contributed by atoms with Gasteiger partial charge in [0.25, 0.3) is 0 Å². The number of furan rings is 1. The Morgan fingerprint density at radius 2 is 1.09 bits per heavy atom. The van der Waals surface area contributed by atoms with Gasteiger partial charge in [-0.2, -0.15) is 0 Å². The highest BCUT2D eigenvalue weighted by Gasteiger charge is 2.30. The van der Waals surface area contributed by atoms with Crippen LogP contribution in [0.1, 0.15) is 28.7 Å². The number of benzene rings is 9. The minimum absolute atomic E-state index is 0.598. The quantitative estimate of drug-likeness (QED) is 0.175. The third-order valence-corrected chi connectivity index (χ3v) is 12.2. The smallest absolute Gasteiger partial charge is 0.160 e. The topological polar surface area (TPSA) is 42.8 Å². The van der Waals surface area contributed by atoms with Gasteiger partial charge in [-0.1, -0.05) is 140 Å². The van der Waals surface area contributed by atoms with E-state index >= 15 is 0 Å². The summed E-state index contributed by atoms with van der Waals surface area (Å²) in [7, 11) is 0. The number of allylic oxidation sites excluding steroid dienone is 1. The molecule has 2 aliphatic rings. The summed E-state index contributed by atoms with van der Waals surface area (Å²) in [5, 5.41) is 11.7. The van der Waals surface area contributed by atoms with Crippen LogP contribution in [0.4, 0.5) is 0 Å². The highest BCUT2D eigenvalue weighted by atomic mass is 16.3. The molecule has 0 spiro atoms. The molecule has 2 aliphatic heterocycles. The molecule has 0 saturated carbocycles. The van der Waals surface area contributed by atoms with Crippen LogP contribution in [0, 0.1) is 0 Å². The van der Waals surface area contributed by atoms with Gasteiger partial charge in [0.1, 0.15) is 11.2 Å². The van der Waals surface area contributed by atoms with Crippen LogP contribution >= 0.6 is 0 Å². The zero-order valence-corrected chi connectivity index (χ0v) is 30.7. The Labute approximate surface area is 327 Å². The Hall–Kier alpha value is -7.56. The summed E-state index contributed by atoms with van der Waals surface area (Å²) in [6.45, 7) is 0. The highest BCUT2D eigenvalue weighted by molar-refractivity contribution is 6.27. The molecule has 57 heavy (non-hydrogen) atoms. The maximum absolute atomic E-state index is 6.63. The van der Waals surface area contributed by atoms with Crippen molar-refractivity contribution in [3.05, 3.63) is 198 Å². The molecule has 9 aromatic carbocycles. The molecular weight excluding hydrogens is 695 g/mol. The summed E-state index contributed by atoms with van der Waals surface area (Å²) >= 11 is 0. The Balaban J connectivity index is 1.21. The molecule has 2 aromatic heterocycles. The lowest BCUT2D eigenvalue weighted by Crippen LogP contribution is -2.08. The molecule has 4 heteroatoms. The summed E-state index contributed by atoms with van der Waals surface area (Å²) in [6.07, 6.45) is 0.598. The van der Waals surface area contributed by atoms with Crippen LogP contribution in [0.3, 0.4) is 0 Å². The molecule has 4 heterocycles. The van der Waals surface area contributed by atoms with Crippen LogP contribution < -0.4 is 0 Å². The fourth-order valence-electron chi connectivity index (χ4n) is 9.61. The molecule has 11 aromatic rings. The summed E-state index contributed by atoms with van der Waals surface area (Å²) in [5.41, 5.74) is 12.5. The minimum atomic E-state index is 0.598. The Morgan fingerprint density at radius 1 is 0.439 bits per heavy atom. The van der Waals surface area contributed by atoms with Crippen molar-refractivity contribution in [1.29, 1.82) is 0 Å². The van der Waals surface area contributed by atoms with Crippen molar-refractivity contribution < 1.29 is 4.42 Å². The first kappa shape index (κ1) is 30.7. The molecule has 0 N–H and O–H groups in total. The van der Waals surface area contributed by atoms with Crippen LogP contribution in [0.15, 0.2) is 190 Å². The van der Waals surface area contributed by atoms with E-state index in [0.29, 0.717) is 12.3 Å². The van der Waals surface area contributed by atoms with Crippen LogP contribution in [0.25, 0.3) is 93.0 Å². The predicted octanol–water partition coefficient (Wildman–Crippen LogP) is 13.7. The van der Waals surface area contributed by atoms with Crippen LogP contribution in [-0.2, 0) is 0 Å². The van der Waals surface area contributed by atoms with Crippen LogP contribution in [-0.4, -0.2) is 16.1 Å². The fourth-order valence-corrected chi connectivity index (χ4v) is 9.61. The second kappa shape index (κ2) is 11.5. The summed E-state index contributed by atoms with van der Waals surface area (Å²) in [5.74, 6) is 0.702. The van der Waals surface area contributed by atoms with Gasteiger partial charge >= 0.3 is 0 Å². The number of para-hydroxylation sites is 1. The van der Waals surface area contributed by atoms with Gasteiger partial charge in [-0.3, -0.25) is 0 Å². The molecule has 0 saturated heterocycles. The number of hydrogen-bond acceptors (Lipinski definition) is 3. The Bertz CT molecular complexity index is 3660. The minimum Gasteiger partial charge on any atom is -0.456 e. The summed E-state index contributed by atoms with van der Waals surface area (Å²) in [6, 6.07) is 63.3. The van der Waals surface area contributed by atoms with Crippen molar-refractivity contribution >= 4 is 98.9 Å². The average molecular weight is 726 g/mol. The Morgan fingerprint density at radius 3 is 1.89 bits per heavy atom. The van der Waals surface area contributed by atoms with Gasteiger partial charge < -0.3 is 8.98 Å². The molecule has 0 unspecified atom stereocenters. The molecule has 0 radical (unpaired) electrons. The summed E-state index contributed by atoms with van der Waals surface area (Å²) < 4.78 is 9.11. The lowest BCUT2D eigenvalue weighted by Gasteiger charge is -2.21. The zero-order chi connectivity index (χ0) is 37.2. The zero-order valence-electron chi connectivity index (χ0n) is 30.7. The molecule has 0 amide bonds. The fraction of sp³-hybridized carbons (Fsp3) is 0.0189. The van der Waals surface area contributed by atoms with E-state index < -0.39 is 0 Å². The number of rotatable bonds is 2. The number of nitrogens with zero attached hydrogens (tertiary/aromatic N) is 3. The molecule has 13 rings (SSSR count). The molecular formula is C53H31N3O. The van der Waals surface area contributed by atoms with Crippen LogP contribution in [0.5, 0.6) is 0 Å². The predicted molar refractivity (Wildman–Crippen MR) is 238 cm³/mol. The van der Waals surface area contributed by atoms with E-state index in [4.69, 9.17) is 14.4 Å². The SMILES string of the molecule is c1ccc2cc3c(cc2c1)c1ccc2cc1n3-c1c(ccc3oc4ccccc4c13)C1=C2CC(c2cccc3ccccc23)=NC(c2cccc3ccccc23)=N1. The first-order valence-electron chi connectivity index (χ1n) is 19.5. The van der Waals surface area contributed by atoms with E-state index in [1.165, 1.54) is 32.3 Å². The number of aromatic nitrogens is 1. The van der Waals surface area contributed by atoms with Crippen molar-refractivity contribution in [2.45, 2.75) is 6.42 Å². The Kier molecular flexibility index (Phi) is 6.19. The second-order valence-corrected chi connectivity index (χ2v) is 15.3. The maximum atomic E-state index is 6.63. The van der Waals surface area contributed by atoms with Crippen molar-refractivity contribution in [2.75, 3.05) is 0 Å². The van der Waals surface area contributed by atoms with Gasteiger partial charge in [-0.15, -0.1) is 0 Å². The molecule has 0 aliphatic carbocycles. The third-order valence-electron chi connectivity index (χ3n) is 12.2. The van der Waals surface area contributed by atoms with Gasteiger partial charge in [0.05, 0.1) is 33.5 Å². The summed E-state index contributed by atoms with van der Waals surface area (Å²) in [4.78, 5) is 11.4. The molecule has 264 valence electrons. The highest BCUT2D eigenvalue weighted by Crippen LogP contribution is 2.48. The van der Waals surface area contributed by atoms with Crippen molar-refractivity contribution in [3.8, 4) is 5.69 Å². The van der Waals surface area contributed by atoms with Crippen molar-refractivity contribution in [2.24, 2.45) is 9.98 Å². The van der Waals surface area contributed by atoms with E-state index in [-0.39, 0.29) is 0 Å². The van der Waals surface area contributed by atoms with Gasteiger partial charge in [-0.25, -0.2) is 9.98 Å². The number of fused-ring (bicyclic) bond motifs is 15. The van der Waals surface area contributed by atoms with Crippen molar-refractivity contribution in [1.82, 2.24) is 4.57 Å². The number of hydrogen-bond donors (Lipinski definition) is 0. The second-order valence-electron chi connectivity index (χ2n) is 15.3. The van der Waals surface area contributed by atoms with Crippen molar-refractivity contribution in [3.63, 3.8) is 0 Å². The first-order chi connectivity index (χ1) is 28.2. The van der Waals surface area contributed by atoms with E-state index in [1.54, 1.807) is 0 Å². The lowest BCUT2D eigenvalue weighted by molar-refractivity contribution is 0.669. The van der Waals surface area contributed by atoms with Gasteiger partial charge in [0.2, 0.25) is 0 Å². The molecule has 0 atom stereocenters. The largest absolute Gasteiger partial charge is 0.456 e. The maximum Gasteiger partial charge on any atom is 0.160 e. The molecule has 2 bridgehead atoms. The number of amidine groups is 1. The number of aliphatic imine (C=N–C) groups is 2. The van der Waals surface area contributed by atoms with E-state index in [0.717, 1.165) is 88.7 Å². The van der Waals surface area contributed by atoms with E-state index in [2.05, 4.69) is 174 Å². The molecule has 0 fully saturated rings. The van der Waals surface area contributed by atoms with Gasteiger partial charge in [0.15, 0.2) is 5.84 Å². The van der Waals surface area contributed by atoms with E-state index in [9.17, 15) is 0 Å². The van der Waals surface area contributed by atoms with Gasteiger partial charge in [0, 0.05) is 39.3 Å². The monoisotopic (exact) mass is 725 g/mol. The van der Waals surface area contributed by atoms with Gasteiger partial charge in [-0.05, 0) is 79.9 Å².